The number of ether oxygens (including phenoxy) is 2. The van der Waals surface area contributed by atoms with Crippen molar-refractivity contribution in [2.24, 2.45) is 5.92 Å². The van der Waals surface area contributed by atoms with Crippen LogP contribution in [0.2, 0.25) is 0 Å². The summed E-state index contributed by atoms with van der Waals surface area (Å²) >= 11 is 6.14. The lowest BCUT2D eigenvalue weighted by atomic mass is 10.0. The van der Waals surface area contributed by atoms with Crippen molar-refractivity contribution in [3.63, 3.8) is 0 Å². The van der Waals surface area contributed by atoms with Crippen LogP contribution in [0.25, 0.3) is 11.1 Å². The van der Waals surface area contributed by atoms with E-state index in [1.165, 1.54) is 25.7 Å². The van der Waals surface area contributed by atoms with Gasteiger partial charge in [-0.25, -0.2) is 4.79 Å². The molecule has 0 spiro atoms. The second kappa shape index (κ2) is 13.9. The van der Waals surface area contributed by atoms with E-state index >= 15 is 0 Å². The summed E-state index contributed by atoms with van der Waals surface area (Å²) < 4.78 is 10.7. The van der Waals surface area contributed by atoms with Crippen molar-refractivity contribution < 1.29 is 19.1 Å². The smallest absolute Gasteiger partial charge is 0.338 e. The van der Waals surface area contributed by atoms with Crippen molar-refractivity contribution in [2.45, 2.75) is 71.1 Å². The van der Waals surface area contributed by atoms with Crippen molar-refractivity contribution in [3.05, 3.63) is 54.1 Å². The number of unbranched alkanes of at least 4 members (excludes halogenated alkanes) is 5. The van der Waals surface area contributed by atoms with Gasteiger partial charge in [-0.1, -0.05) is 77.1 Å². The Morgan fingerprint density at radius 3 is 2.00 bits per heavy atom. The third-order valence-corrected chi connectivity index (χ3v) is 6.00. The van der Waals surface area contributed by atoms with Gasteiger partial charge in [0.15, 0.2) is 0 Å². The van der Waals surface area contributed by atoms with Gasteiger partial charge in [0.05, 0.1) is 10.9 Å². The number of rotatable bonds is 13. The SMILES string of the molecule is CCCCCCCCC(=O)Oc1ccc(-c2ccc(C(=O)OCC(Cl)C(C)C)cc2)cc1. The summed E-state index contributed by atoms with van der Waals surface area (Å²) in [6.07, 6.45) is 7.30. The Kier molecular flexibility index (Phi) is 11.3. The first-order valence-corrected chi connectivity index (χ1v) is 12.1. The summed E-state index contributed by atoms with van der Waals surface area (Å²) in [5.41, 5.74) is 2.42. The van der Waals surface area contributed by atoms with Gasteiger partial charge in [-0.3, -0.25) is 4.79 Å². The van der Waals surface area contributed by atoms with Gasteiger partial charge in [-0.15, -0.1) is 11.6 Å². The standard InChI is InChI=1S/C27H35ClO4/c1-4-5-6-7-8-9-10-26(29)32-24-17-15-22(16-18-24)21-11-13-23(14-12-21)27(30)31-19-25(28)20(2)3/h11-18,20,25H,4-10,19H2,1-3H3. The summed E-state index contributed by atoms with van der Waals surface area (Å²) in [5, 5.41) is -0.198. The molecular formula is C27H35ClO4. The van der Waals surface area contributed by atoms with Crippen LogP contribution in [-0.2, 0) is 9.53 Å². The Balaban J connectivity index is 1.82. The van der Waals surface area contributed by atoms with Crippen molar-refractivity contribution in [1.82, 2.24) is 0 Å². The van der Waals surface area contributed by atoms with Crippen molar-refractivity contribution >= 4 is 23.5 Å². The van der Waals surface area contributed by atoms with E-state index in [1.54, 1.807) is 24.3 Å². The van der Waals surface area contributed by atoms with Crippen molar-refractivity contribution in [2.75, 3.05) is 6.61 Å². The largest absolute Gasteiger partial charge is 0.461 e. The molecule has 2 aromatic carbocycles. The molecule has 2 aromatic rings. The minimum absolute atomic E-state index is 0.187. The first-order chi connectivity index (χ1) is 15.4. The molecule has 0 heterocycles. The molecule has 1 atom stereocenters. The lowest BCUT2D eigenvalue weighted by Gasteiger charge is -2.13. The van der Waals surface area contributed by atoms with Crippen LogP contribution in [0.4, 0.5) is 0 Å². The predicted molar refractivity (Wildman–Crippen MR) is 130 cm³/mol. The molecule has 0 radical (unpaired) electrons. The molecule has 4 nitrogen and oxygen atoms in total. The Morgan fingerprint density at radius 2 is 1.41 bits per heavy atom. The van der Waals surface area contributed by atoms with Gasteiger partial charge in [0.2, 0.25) is 0 Å². The molecule has 0 fully saturated rings. The number of carbonyl (C=O) groups excluding carboxylic acids is 2. The summed E-state index contributed by atoms with van der Waals surface area (Å²) in [5.74, 6) is 0.221. The zero-order chi connectivity index (χ0) is 23.3. The number of halogens is 1. The van der Waals surface area contributed by atoms with Gasteiger partial charge in [0, 0.05) is 6.42 Å². The van der Waals surface area contributed by atoms with Crippen molar-refractivity contribution in [1.29, 1.82) is 0 Å². The summed E-state index contributed by atoms with van der Waals surface area (Å²) in [6, 6.07) is 14.6. The maximum Gasteiger partial charge on any atom is 0.338 e. The molecule has 32 heavy (non-hydrogen) atoms. The fourth-order valence-corrected chi connectivity index (χ4v) is 3.24. The molecule has 0 bridgehead atoms. The number of carbonyl (C=O) groups is 2. The monoisotopic (exact) mass is 458 g/mol. The minimum atomic E-state index is -0.379. The highest BCUT2D eigenvalue weighted by molar-refractivity contribution is 6.21. The number of alkyl halides is 1. The van der Waals surface area contributed by atoms with E-state index in [9.17, 15) is 9.59 Å². The van der Waals surface area contributed by atoms with E-state index in [4.69, 9.17) is 21.1 Å². The lowest BCUT2D eigenvalue weighted by Crippen LogP contribution is -2.18. The Hall–Kier alpha value is -2.33. The van der Waals surface area contributed by atoms with E-state index in [-0.39, 0.29) is 29.8 Å². The molecule has 0 amide bonds. The van der Waals surface area contributed by atoms with E-state index in [2.05, 4.69) is 6.92 Å². The number of hydrogen-bond donors (Lipinski definition) is 0. The molecule has 0 aliphatic carbocycles. The second-order valence-electron chi connectivity index (χ2n) is 8.45. The zero-order valence-corrected chi connectivity index (χ0v) is 20.2. The highest BCUT2D eigenvalue weighted by Gasteiger charge is 2.14. The van der Waals surface area contributed by atoms with Crippen LogP contribution < -0.4 is 4.74 Å². The molecule has 174 valence electrons. The number of esters is 2. The summed E-state index contributed by atoms with van der Waals surface area (Å²) in [4.78, 5) is 24.2. The fraction of sp³-hybridized carbons (Fsp3) is 0.481. The molecule has 5 heteroatoms. The maximum absolute atomic E-state index is 12.2. The predicted octanol–water partition coefficient (Wildman–Crippen LogP) is 7.43. The van der Waals surface area contributed by atoms with Gasteiger partial charge in [0.25, 0.3) is 0 Å². The highest BCUT2D eigenvalue weighted by atomic mass is 35.5. The first-order valence-electron chi connectivity index (χ1n) is 11.6. The summed E-state index contributed by atoms with van der Waals surface area (Å²) in [7, 11) is 0. The van der Waals surface area contributed by atoms with Gasteiger partial charge in [0.1, 0.15) is 12.4 Å². The van der Waals surface area contributed by atoms with E-state index in [1.807, 2.05) is 38.1 Å². The van der Waals surface area contributed by atoms with E-state index in [0.717, 1.165) is 24.0 Å². The summed E-state index contributed by atoms with van der Waals surface area (Å²) in [6.45, 7) is 6.36. The van der Waals surface area contributed by atoms with E-state index in [0.29, 0.717) is 17.7 Å². The zero-order valence-electron chi connectivity index (χ0n) is 19.4. The quantitative estimate of drug-likeness (QED) is 0.135. The molecule has 2 rings (SSSR count). The maximum atomic E-state index is 12.2. The van der Waals surface area contributed by atoms with Crippen LogP contribution in [-0.4, -0.2) is 23.9 Å². The lowest BCUT2D eigenvalue weighted by molar-refractivity contribution is -0.134. The highest BCUT2D eigenvalue weighted by Crippen LogP contribution is 2.23. The molecule has 0 saturated carbocycles. The van der Waals surface area contributed by atoms with E-state index < -0.39 is 0 Å². The molecule has 0 saturated heterocycles. The molecule has 0 aromatic heterocycles. The molecule has 1 unspecified atom stereocenters. The van der Waals surface area contributed by atoms with Crippen LogP contribution in [0, 0.1) is 5.92 Å². The average molecular weight is 459 g/mol. The van der Waals surface area contributed by atoms with Crippen molar-refractivity contribution in [3.8, 4) is 16.9 Å². The van der Waals surface area contributed by atoms with Crippen LogP contribution in [0.5, 0.6) is 5.75 Å². The molecular weight excluding hydrogens is 424 g/mol. The third-order valence-electron chi connectivity index (χ3n) is 5.37. The molecule has 0 N–H and O–H groups in total. The van der Waals surface area contributed by atoms with Gasteiger partial charge < -0.3 is 9.47 Å². The normalized spacial score (nSPS) is 11.9. The Morgan fingerprint density at radius 1 is 0.844 bits per heavy atom. The fourth-order valence-electron chi connectivity index (χ4n) is 3.18. The second-order valence-corrected chi connectivity index (χ2v) is 9.01. The first kappa shape index (κ1) is 25.9. The number of hydrogen-bond acceptors (Lipinski definition) is 4. The van der Waals surface area contributed by atoms with Crippen LogP contribution >= 0.6 is 11.6 Å². The minimum Gasteiger partial charge on any atom is -0.461 e. The van der Waals surface area contributed by atoms with Gasteiger partial charge >= 0.3 is 11.9 Å². The Bertz CT molecular complexity index is 828. The molecule has 0 aliphatic rings. The van der Waals surface area contributed by atoms with Crippen LogP contribution in [0.1, 0.15) is 76.1 Å². The Labute approximate surface area is 197 Å². The van der Waals surface area contributed by atoms with Gasteiger partial charge in [-0.2, -0.15) is 0 Å². The van der Waals surface area contributed by atoms with Crippen LogP contribution in [0.15, 0.2) is 48.5 Å². The number of benzene rings is 2. The van der Waals surface area contributed by atoms with Crippen LogP contribution in [0.3, 0.4) is 0 Å². The average Bonchev–Trinajstić information content (AvgIpc) is 2.80. The van der Waals surface area contributed by atoms with Gasteiger partial charge in [-0.05, 0) is 47.7 Å². The topological polar surface area (TPSA) is 52.6 Å². The molecule has 0 aliphatic heterocycles. The third kappa shape index (κ3) is 9.04.